The van der Waals surface area contributed by atoms with Crippen molar-refractivity contribution < 1.29 is 4.79 Å². The molecule has 2 aromatic carbocycles. The van der Waals surface area contributed by atoms with Gasteiger partial charge >= 0.3 is 0 Å². The third-order valence-corrected chi connectivity index (χ3v) is 6.01. The van der Waals surface area contributed by atoms with Gasteiger partial charge in [-0.2, -0.15) is 5.10 Å². The smallest absolute Gasteiger partial charge is 0.220 e. The predicted octanol–water partition coefficient (Wildman–Crippen LogP) is 5.04. The minimum atomic E-state index is -0.0452. The molecule has 3 N–H and O–H groups in total. The van der Waals surface area contributed by atoms with Crippen molar-refractivity contribution in [1.29, 1.82) is 0 Å². The lowest BCUT2D eigenvalue weighted by Gasteiger charge is -2.19. The molecule has 0 aliphatic heterocycles. The Morgan fingerprint density at radius 1 is 1.10 bits per heavy atom. The predicted molar refractivity (Wildman–Crippen MR) is 121 cm³/mol. The minimum absolute atomic E-state index is 0.0203. The molecular weight excluding hydrogens is 396 g/mol. The quantitative estimate of drug-likeness (QED) is 0.391. The average molecular weight is 421 g/mol. The van der Waals surface area contributed by atoms with Gasteiger partial charge in [0.25, 0.3) is 0 Å². The zero-order valence-electron chi connectivity index (χ0n) is 17.1. The second-order valence-electron chi connectivity index (χ2n) is 7.58. The molecule has 4 rings (SSSR count). The van der Waals surface area contributed by atoms with Crippen LogP contribution in [0.25, 0.3) is 10.9 Å². The van der Waals surface area contributed by atoms with E-state index in [9.17, 15) is 4.79 Å². The van der Waals surface area contributed by atoms with Gasteiger partial charge in [0.15, 0.2) is 0 Å². The van der Waals surface area contributed by atoms with E-state index in [1.165, 1.54) is 0 Å². The van der Waals surface area contributed by atoms with Crippen LogP contribution >= 0.6 is 11.6 Å². The molecule has 154 valence electrons. The van der Waals surface area contributed by atoms with Crippen molar-refractivity contribution in [2.75, 3.05) is 6.54 Å². The summed E-state index contributed by atoms with van der Waals surface area (Å²) in [5, 5.41) is 12.1. The Hall–Kier alpha value is -3.05. The average Bonchev–Trinajstić information content (AvgIpc) is 3.31. The number of hydrogen-bond acceptors (Lipinski definition) is 2. The number of carbonyl (C=O) groups excluding carboxylic acids is 1. The number of hydrogen-bond donors (Lipinski definition) is 3. The van der Waals surface area contributed by atoms with Crippen LogP contribution in [0.3, 0.4) is 0 Å². The molecule has 0 spiro atoms. The molecule has 0 saturated carbocycles. The number of benzene rings is 2. The fourth-order valence-corrected chi connectivity index (χ4v) is 4.28. The first-order valence-electron chi connectivity index (χ1n) is 10.1. The summed E-state index contributed by atoms with van der Waals surface area (Å²) in [7, 11) is 0. The number of rotatable bonds is 7. The summed E-state index contributed by atoms with van der Waals surface area (Å²) in [6, 6.07) is 16.0. The highest BCUT2D eigenvalue weighted by atomic mass is 35.5. The molecule has 5 nitrogen and oxygen atoms in total. The van der Waals surface area contributed by atoms with Crippen molar-refractivity contribution in [3.05, 3.63) is 87.8 Å². The van der Waals surface area contributed by atoms with Crippen molar-refractivity contribution in [2.24, 2.45) is 0 Å². The third-order valence-electron chi connectivity index (χ3n) is 5.66. The molecule has 2 aromatic heterocycles. The van der Waals surface area contributed by atoms with Gasteiger partial charge < -0.3 is 10.3 Å². The maximum atomic E-state index is 12.6. The summed E-state index contributed by atoms with van der Waals surface area (Å²) in [6.45, 7) is 4.42. The lowest BCUT2D eigenvalue weighted by Crippen LogP contribution is -2.29. The van der Waals surface area contributed by atoms with Gasteiger partial charge in [0.2, 0.25) is 5.91 Å². The maximum absolute atomic E-state index is 12.6. The van der Waals surface area contributed by atoms with Crippen LogP contribution < -0.4 is 5.32 Å². The Morgan fingerprint density at radius 2 is 1.87 bits per heavy atom. The highest BCUT2D eigenvalue weighted by molar-refractivity contribution is 6.31. The Morgan fingerprint density at radius 3 is 2.63 bits per heavy atom. The van der Waals surface area contributed by atoms with Gasteiger partial charge in [0.1, 0.15) is 0 Å². The summed E-state index contributed by atoms with van der Waals surface area (Å²) in [6.07, 6.45) is 3.11. The molecule has 0 radical (unpaired) electrons. The van der Waals surface area contributed by atoms with Gasteiger partial charge in [0, 0.05) is 46.7 Å². The van der Waals surface area contributed by atoms with Gasteiger partial charge in [-0.3, -0.25) is 9.89 Å². The monoisotopic (exact) mass is 420 g/mol. The van der Waals surface area contributed by atoms with Crippen molar-refractivity contribution in [1.82, 2.24) is 20.5 Å². The second kappa shape index (κ2) is 8.76. The zero-order valence-corrected chi connectivity index (χ0v) is 17.9. The van der Waals surface area contributed by atoms with Gasteiger partial charge in [-0.15, -0.1) is 0 Å². The number of amides is 1. The minimum Gasteiger partial charge on any atom is -0.361 e. The van der Waals surface area contributed by atoms with E-state index in [0.29, 0.717) is 24.4 Å². The fraction of sp³-hybridized carbons (Fsp3) is 0.250. The third kappa shape index (κ3) is 4.12. The Balaban J connectivity index is 1.54. The number of aryl methyl sites for hydroxylation is 2. The molecule has 0 bridgehead atoms. The van der Waals surface area contributed by atoms with Gasteiger partial charge in [0.05, 0.1) is 5.69 Å². The van der Waals surface area contributed by atoms with Crippen LogP contribution in [0.5, 0.6) is 0 Å². The zero-order chi connectivity index (χ0) is 21.1. The Labute approximate surface area is 180 Å². The molecule has 1 atom stereocenters. The first-order chi connectivity index (χ1) is 14.5. The van der Waals surface area contributed by atoms with Gasteiger partial charge in [-0.1, -0.05) is 48.0 Å². The maximum Gasteiger partial charge on any atom is 0.220 e. The topological polar surface area (TPSA) is 73.6 Å². The van der Waals surface area contributed by atoms with Crippen LogP contribution in [-0.4, -0.2) is 27.6 Å². The fourth-order valence-electron chi connectivity index (χ4n) is 4.01. The van der Waals surface area contributed by atoms with Crippen LogP contribution in [-0.2, 0) is 11.2 Å². The standard InChI is InChI=1S/C24H25ClN4O/c1-15-17(16(2)29-28-15)11-12-24(30)27-14-20(18-7-3-5-9-22(18)25)21-13-26-23-10-6-4-8-19(21)23/h3-10,13,20,26H,11-12,14H2,1-2H3,(H,27,30)(H,28,29). The summed E-state index contributed by atoms with van der Waals surface area (Å²) in [5.41, 5.74) is 6.29. The summed E-state index contributed by atoms with van der Waals surface area (Å²) >= 11 is 6.53. The Bertz CT molecular complexity index is 1160. The highest BCUT2D eigenvalue weighted by Gasteiger charge is 2.21. The van der Waals surface area contributed by atoms with Crippen LogP contribution in [0.15, 0.2) is 54.7 Å². The van der Waals surface area contributed by atoms with Gasteiger partial charge in [-0.05, 0) is 49.1 Å². The summed E-state index contributed by atoms with van der Waals surface area (Å²) in [5.74, 6) is -0.0249. The largest absolute Gasteiger partial charge is 0.361 e. The van der Waals surface area contributed by atoms with Crippen LogP contribution in [0, 0.1) is 13.8 Å². The van der Waals surface area contributed by atoms with Crippen LogP contribution in [0.1, 0.15) is 40.4 Å². The summed E-state index contributed by atoms with van der Waals surface area (Å²) < 4.78 is 0. The first-order valence-corrected chi connectivity index (χ1v) is 10.5. The van der Waals surface area contributed by atoms with E-state index in [4.69, 9.17) is 11.6 Å². The number of carbonyl (C=O) groups is 1. The van der Waals surface area contributed by atoms with E-state index >= 15 is 0 Å². The van der Waals surface area contributed by atoms with E-state index in [1.54, 1.807) is 0 Å². The number of H-pyrrole nitrogens is 2. The molecule has 0 aliphatic carbocycles. The molecule has 0 aliphatic rings. The number of nitrogens with one attached hydrogen (secondary N) is 3. The number of nitrogens with zero attached hydrogens (tertiary/aromatic N) is 1. The normalized spacial score (nSPS) is 12.2. The molecule has 30 heavy (non-hydrogen) atoms. The van der Waals surface area contributed by atoms with Crippen molar-refractivity contribution in [2.45, 2.75) is 32.6 Å². The molecule has 2 heterocycles. The number of aromatic amines is 2. The number of fused-ring (bicyclic) bond motifs is 1. The number of halogens is 1. The van der Waals surface area contributed by atoms with Crippen molar-refractivity contribution >= 4 is 28.4 Å². The van der Waals surface area contributed by atoms with Crippen LogP contribution in [0.4, 0.5) is 0 Å². The lowest BCUT2D eigenvalue weighted by atomic mass is 9.90. The van der Waals surface area contributed by atoms with E-state index < -0.39 is 0 Å². The molecule has 1 unspecified atom stereocenters. The van der Waals surface area contributed by atoms with Crippen molar-refractivity contribution in [3.63, 3.8) is 0 Å². The molecule has 0 fully saturated rings. The highest BCUT2D eigenvalue weighted by Crippen LogP contribution is 2.34. The van der Waals surface area contributed by atoms with E-state index in [0.717, 1.165) is 39.0 Å². The van der Waals surface area contributed by atoms with Crippen LogP contribution in [0.2, 0.25) is 5.02 Å². The Kier molecular flexibility index (Phi) is 5.91. The van der Waals surface area contributed by atoms with E-state index in [2.05, 4.69) is 32.6 Å². The number of para-hydroxylation sites is 1. The first kappa shape index (κ1) is 20.2. The SMILES string of the molecule is Cc1n[nH]c(C)c1CCC(=O)NCC(c1ccccc1Cl)c1c[nH]c2ccccc12. The van der Waals surface area contributed by atoms with Gasteiger partial charge in [-0.25, -0.2) is 0 Å². The lowest BCUT2D eigenvalue weighted by molar-refractivity contribution is -0.121. The molecule has 6 heteroatoms. The second-order valence-corrected chi connectivity index (χ2v) is 7.99. The molecular formula is C24H25ClN4O. The molecule has 1 amide bonds. The molecule has 0 saturated heterocycles. The number of aromatic nitrogens is 3. The van der Waals surface area contributed by atoms with Crippen molar-refractivity contribution in [3.8, 4) is 0 Å². The summed E-state index contributed by atoms with van der Waals surface area (Å²) in [4.78, 5) is 16.0. The van der Waals surface area contributed by atoms with E-state index in [-0.39, 0.29) is 11.8 Å². The van der Waals surface area contributed by atoms with E-state index in [1.807, 2.05) is 56.4 Å². The molecule has 4 aromatic rings.